The van der Waals surface area contributed by atoms with Crippen molar-refractivity contribution in [2.75, 3.05) is 31.5 Å². The van der Waals surface area contributed by atoms with E-state index in [1.165, 1.54) is 4.67 Å². The van der Waals surface area contributed by atoms with Crippen LogP contribution in [0.3, 0.4) is 0 Å². The lowest BCUT2D eigenvalue weighted by Gasteiger charge is -2.42. The van der Waals surface area contributed by atoms with Crippen LogP contribution in [0.5, 0.6) is 0 Å². The van der Waals surface area contributed by atoms with Crippen molar-refractivity contribution >= 4 is 46.8 Å². The van der Waals surface area contributed by atoms with Crippen molar-refractivity contribution in [3.8, 4) is 0 Å². The SMILES string of the molecule is FC(F)(F)C(F)(F)C(F)(F)C(F)(F)C(F)(F)C(F)(F)C(F)(F)C(F)(F)Br.O=[P@]1(N(CCCl)CCCl)N[C@H](OO)CCO1. The van der Waals surface area contributed by atoms with Gasteiger partial charge in [-0.05, 0) is 15.9 Å². The van der Waals surface area contributed by atoms with Crippen LogP contribution in [0.4, 0.5) is 74.6 Å². The van der Waals surface area contributed by atoms with Crippen LogP contribution in [0.15, 0.2) is 0 Å². The summed E-state index contributed by atoms with van der Waals surface area (Å²) in [5.41, 5.74) is 0. The van der Waals surface area contributed by atoms with E-state index in [1.54, 1.807) is 0 Å². The molecule has 42 heavy (non-hydrogen) atoms. The van der Waals surface area contributed by atoms with E-state index in [9.17, 15) is 79.2 Å². The molecule has 0 aromatic heterocycles. The van der Waals surface area contributed by atoms with E-state index in [4.69, 9.17) is 33.0 Å². The summed E-state index contributed by atoms with van der Waals surface area (Å²) in [5, 5.41) is 11.2. The van der Waals surface area contributed by atoms with Crippen LogP contribution in [-0.2, 0) is 14.0 Å². The predicted octanol–water partition coefficient (Wildman–Crippen LogP) is 8.05. The monoisotopic (exact) mass is 790 g/mol. The summed E-state index contributed by atoms with van der Waals surface area (Å²) in [7, 11) is -3.20. The maximum Gasteiger partial charge on any atom is 0.460 e. The number of hydrogen-bond acceptors (Lipinski definition) is 4. The Labute approximate surface area is 241 Å². The van der Waals surface area contributed by atoms with Crippen LogP contribution in [0.2, 0.25) is 0 Å². The molecule has 0 aliphatic carbocycles. The van der Waals surface area contributed by atoms with Gasteiger partial charge in [0.1, 0.15) is 0 Å². The molecule has 1 rings (SSSR count). The third-order valence-corrected chi connectivity index (χ3v) is 7.95. The Kier molecular flexibility index (Phi) is 13.7. The van der Waals surface area contributed by atoms with E-state index in [1.807, 2.05) is 0 Å². The van der Waals surface area contributed by atoms with Crippen molar-refractivity contribution in [2.45, 2.75) is 59.2 Å². The van der Waals surface area contributed by atoms with Gasteiger partial charge in [0.15, 0.2) is 6.23 Å². The molecule has 27 heteroatoms. The van der Waals surface area contributed by atoms with Crippen molar-refractivity contribution in [1.82, 2.24) is 9.76 Å². The highest BCUT2D eigenvalue weighted by Gasteiger charge is 2.95. The minimum Gasteiger partial charge on any atom is -0.306 e. The summed E-state index contributed by atoms with van der Waals surface area (Å²) in [5.74, 6) is -48.9. The lowest BCUT2D eigenvalue weighted by Crippen LogP contribution is -2.74. The Bertz CT molecular complexity index is 887. The number of rotatable bonds is 12. The zero-order chi connectivity index (χ0) is 34.0. The molecular weight excluding hydrogens is 777 g/mol. The summed E-state index contributed by atoms with van der Waals surface area (Å²) < 4.78 is 231. The Balaban J connectivity index is 0.000000893. The molecule has 0 amide bonds. The summed E-state index contributed by atoms with van der Waals surface area (Å²) >= 11 is 11.6. The fourth-order valence-corrected chi connectivity index (χ4v) is 5.44. The van der Waals surface area contributed by atoms with Crippen LogP contribution < -0.4 is 5.09 Å². The van der Waals surface area contributed by atoms with Gasteiger partial charge in [-0.3, -0.25) is 9.82 Å². The minimum absolute atomic E-state index is 0.247. The van der Waals surface area contributed by atoms with Crippen LogP contribution >= 0.6 is 46.8 Å². The molecule has 0 bridgehead atoms. The average molecular weight is 792 g/mol. The normalized spacial score (nSPS) is 22.2. The Morgan fingerprint density at radius 3 is 1.43 bits per heavy atom. The van der Waals surface area contributed by atoms with E-state index < -0.39 is 60.4 Å². The van der Waals surface area contributed by atoms with Crippen molar-refractivity contribution in [3.05, 3.63) is 0 Å². The first-order chi connectivity index (χ1) is 18.4. The lowest BCUT2D eigenvalue weighted by molar-refractivity contribution is -0.457. The van der Waals surface area contributed by atoms with Crippen LogP contribution in [0.25, 0.3) is 0 Å². The molecule has 0 aromatic carbocycles. The molecule has 1 heterocycles. The highest BCUT2D eigenvalue weighted by Crippen LogP contribution is 2.64. The van der Waals surface area contributed by atoms with Crippen molar-refractivity contribution in [2.24, 2.45) is 0 Å². The Morgan fingerprint density at radius 2 is 1.12 bits per heavy atom. The minimum atomic E-state index is -8.58. The fraction of sp³-hybridized carbons (Fsp3) is 1.00. The molecule has 2 atom stereocenters. The molecule has 1 saturated heterocycles. The smallest absolute Gasteiger partial charge is 0.306 e. The Morgan fingerprint density at radius 1 is 0.762 bits per heavy atom. The standard InChI is InChI=1S/C8BrF17.C7H15Cl2N2O4P/c9-7(22,23)5(18,19)3(14,15)1(10,11)2(12,13)4(16,17)6(20,21)8(24,25)26;8-2-4-11(5-3-9)16(13)10-7(15-12)1-6-14-16/h;7,12H,1-6H2,(H,10,13)/t;7-,16-/m.1/s1. The first-order valence-corrected chi connectivity index (χ1v) is 13.5. The van der Waals surface area contributed by atoms with Gasteiger partial charge in [0, 0.05) is 31.3 Å². The number of hydrogen-bond donors (Lipinski definition) is 2. The Hall–Kier alpha value is -0.100. The van der Waals surface area contributed by atoms with Gasteiger partial charge >= 0.3 is 54.2 Å². The average Bonchev–Trinajstić information content (AvgIpc) is 2.82. The maximum atomic E-state index is 12.9. The van der Waals surface area contributed by atoms with Gasteiger partial charge in [-0.1, -0.05) is 0 Å². The third kappa shape index (κ3) is 7.64. The van der Waals surface area contributed by atoms with Crippen LogP contribution in [0.1, 0.15) is 6.42 Å². The van der Waals surface area contributed by atoms with E-state index in [-0.39, 0.29) is 6.61 Å². The molecule has 254 valence electrons. The summed E-state index contributed by atoms with van der Waals surface area (Å²) in [6.07, 6.45) is -8.00. The fourth-order valence-electron chi connectivity index (χ4n) is 2.52. The first kappa shape index (κ1) is 41.9. The highest BCUT2D eigenvalue weighted by molar-refractivity contribution is 9.10. The molecule has 1 fully saturated rings. The molecule has 1 aliphatic rings. The maximum absolute atomic E-state index is 12.9. The van der Waals surface area contributed by atoms with Gasteiger partial charge < -0.3 is 4.52 Å². The summed E-state index contributed by atoms with van der Waals surface area (Å²) in [4.78, 5) is -2.36. The molecule has 6 nitrogen and oxygen atoms in total. The number of alkyl halides is 20. The molecule has 0 aromatic rings. The van der Waals surface area contributed by atoms with Gasteiger partial charge in [0.05, 0.1) is 6.61 Å². The highest BCUT2D eigenvalue weighted by atomic mass is 79.9. The molecule has 0 radical (unpaired) electrons. The largest absolute Gasteiger partial charge is 0.460 e. The molecule has 1 aliphatic heterocycles. The van der Waals surface area contributed by atoms with E-state index >= 15 is 0 Å². The zero-order valence-electron chi connectivity index (χ0n) is 19.4. The zero-order valence-corrected chi connectivity index (χ0v) is 23.4. The van der Waals surface area contributed by atoms with E-state index in [0.717, 1.165) is 0 Å². The third-order valence-electron chi connectivity index (χ3n) is 4.82. The number of nitrogens with one attached hydrogen (secondary N) is 1. The second-order valence-corrected chi connectivity index (χ2v) is 11.5. The van der Waals surface area contributed by atoms with Gasteiger partial charge in [-0.2, -0.15) is 74.6 Å². The summed E-state index contributed by atoms with van der Waals surface area (Å²) in [6, 6.07) is 0. The van der Waals surface area contributed by atoms with Crippen molar-refractivity contribution in [3.63, 3.8) is 0 Å². The quantitative estimate of drug-likeness (QED) is 0.0686. The molecule has 0 spiro atoms. The predicted molar refractivity (Wildman–Crippen MR) is 111 cm³/mol. The first-order valence-electron chi connectivity index (χ1n) is 10.0. The topological polar surface area (TPSA) is 71.0 Å². The van der Waals surface area contributed by atoms with E-state index in [2.05, 4.69) is 9.97 Å². The molecule has 2 N–H and O–H groups in total. The molecule has 0 saturated carbocycles. The van der Waals surface area contributed by atoms with Gasteiger partial charge in [0.25, 0.3) is 0 Å². The summed E-state index contributed by atoms with van der Waals surface area (Å²) in [6.45, 7) is 1.02. The van der Waals surface area contributed by atoms with Crippen LogP contribution in [0, 0.1) is 0 Å². The second kappa shape index (κ2) is 13.7. The van der Waals surface area contributed by atoms with Crippen molar-refractivity contribution in [1.29, 1.82) is 0 Å². The molecule has 0 unspecified atom stereocenters. The van der Waals surface area contributed by atoms with Gasteiger partial charge in [-0.25, -0.2) is 14.6 Å². The van der Waals surface area contributed by atoms with Crippen LogP contribution in [-0.4, -0.2) is 94.2 Å². The van der Waals surface area contributed by atoms with Gasteiger partial charge in [-0.15, -0.1) is 23.2 Å². The van der Waals surface area contributed by atoms with E-state index in [0.29, 0.717) is 47.2 Å². The second-order valence-electron chi connectivity index (χ2n) is 7.64. The molecular formula is C15H15BrCl2F17N2O4P. The van der Waals surface area contributed by atoms with Gasteiger partial charge in [0.2, 0.25) is 0 Å². The number of halogens is 20. The van der Waals surface area contributed by atoms with Crippen molar-refractivity contribution < 1.29 is 93.9 Å². The number of nitrogens with zero attached hydrogens (tertiary/aromatic N) is 1. The lowest BCUT2D eigenvalue weighted by atomic mass is 9.91.